The van der Waals surface area contributed by atoms with E-state index < -0.39 is 0 Å². The summed E-state index contributed by atoms with van der Waals surface area (Å²) in [6, 6.07) is 1.61. The van der Waals surface area contributed by atoms with Gasteiger partial charge < -0.3 is 10.4 Å². The van der Waals surface area contributed by atoms with Gasteiger partial charge in [0, 0.05) is 43.8 Å². The van der Waals surface area contributed by atoms with Gasteiger partial charge in [0.2, 0.25) is 0 Å². The summed E-state index contributed by atoms with van der Waals surface area (Å²) in [5, 5.41) is 12.9. The van der Waals surface area contributed by atoms with Crippen LogP contribution in [0.15, 0.2) is 0 Å². The Morgan fingerprint density at radius 1 is 1.06 bits per heavy atom. The van der Waals surface area contributed by atoms with E-state index in [1.54, 1.807) is 0 Å². The zero-order chi connectivity index (χ0) is 12.6. The molecule has 0 radical (unpaired) electrons. The minimum Gasteiger partial charge on any atom is -0.394 e. The van der Waals surface area contributed by atoms with Crippen molar-refractivity contribution in [3.05, 3.63) is 0 Å². The molecule has 2 N–H and O–H groups in total. The molecule has 0 amide bonds. The highest BCUT2D eigenvalue weighted by molar-refractivity contribution is 5.00. The molecule has 3 fully saturated rings. The molecule has 0 aromatic rings. The molecule has 104 valence electrons. The number of rotatable bonds is 4. The molecule has 18 heavy (non-hydrogen) atoms. The lowest BCUT2D eigenvalue weighted by atomic mass is 9.99. The Bertz CT molecular complexity index is 281. The van der Waals surface area contributed by atoms with Gasteiger partial charge in [-0.25, -0.2) is 0 Å². The smallest absolute Gasteiger partial charge is 0.0613 e. The summed E-state index contributed by atoms with van der Waals surface area (Å²) in [7, 11) is 1.99. The van der Waals surface area contributed by atoms with E-state index in [2.05, 4.69) is 15.1 Å². The van der Waals surface area contributed by atoms with Gasteiger partial charge in [-0.1, -0.05) is 0 Å². The van der Waals surface area contributed by atoms with Gasteiger partial charge in [-0.2, -0.15) is 0 Å². The second kappa shape index (κ2) is 5.08. The van der Waals surface area contributed by atoms with Crippen molar-refractivity contribution in [3.63, 3.8) is 0 Å². The zero-order valence-electron chi connectivity index (χ0n) is 11.6. The molecule has 3 aliphatic rings. The third kappa shape index (κ3) is 2.44. The maximum atomic E-state index is 9.57. The van der Waals surface area contributed by atoms with Crippen LogP contribution in [0, 0.1) is 0 Å². The van der Waals surface area contributed by atoms with Crippen molar-refractivity contribution in [2.45, 2.75) is 49.7 Å². The maximum absolute atomic E-state index is 9.57. The molecule has 2 aliphatic carbocycles. The molecular weight excluding hydrogens is 226 g/mol. The first-order chi connectivity index (χ1) is 8.76. The van der Waals surface area contributed by atoms with Gasteiger partial charge in [-0.15, -0.1) is 0 Å². The molecule has 3 rings (SSSR count). The predicted octanol–water partition coefficient (Wildman–Crippen LogP) is 0.269. The van der Waals surface area contributed by atoms with E-state index in [4.69, 9.17) is 0 Å². The van der Waals surface area contributed by atoms with Gasteiger partial charge in [0.25, 0.3) is 0 Å². The van der Waals surface area contributed by atoms with Crippen LogP contribution in [0.25, 0.3) is 0 Å². The van der Waals surface area contributed by atoms with Crippen molar-refractivity contribution in [1.29, 1.82) is 0 Å². The minimum absolute atomic E-state index is 0.00169. The summed E-state index contributed by atoms with van der Waals surface area (Å²) in [6.45, 7) is 5.25. The third-order valence-electron chi connectivity index (χ3n) is 5.34. The van der Waals surface area contributed by atoms with Crippen molar-refractivity contribution < 1.29 is 5.11 Å². The number of hydrogen-bond acceptors (Lipinski definition) is 4. The highest BCUT2D eigenvalue weighted by Gasteiger charge is 2.41. The predicted molar refractivity (Wildman–Crippen MR) is 72.7 cm³/mol. The second-order valence-electron chi connectivity index (χ2n) is 6.39. The number of likely N-dealkylation sites (N-methyl/N-ethyl adjacent to an activating group) is 1. The Labute approximate surface area is 110 Å². The Kier molecular flexibility index (Phi) is 3.63. The first kappa shape index (κ1) is 12.9. The molecule has 4 nitrogen and oxygen atoms in total. The van der Waals surface area contributed by atoms with Gasteiger partial charge in [0.1, 0.15) is 0 Å². The quantitative estimate of drug-likeness (QED) is 0.754. The van der Waals surface area contributed by atoms with E-state index in [0.717, 1.165) is 18.9 Å². The van der Waals surface area contributed by atoms with E-state index in [-0.39, 0.29) is 12.1 Å². The summed E-state index contributed by atoms with van der Waals surface area (Å²) < 4.78 is 0. The van der Waals surface area contributed by atoms with Crippen LogP contribution < -0.4 is 5.32 Å². The number of aliphatic hydroxyl groups is 1. The average molecular weight is 253 g/mol. The minimum atomic E-state index is -0.00169. The van der Waals surface area contributed by atoms with Crippen molar-refractivity contribution in [3.8, 4) is 0 Å². The Hall–Kier alpha value is -0.160. The molecule has 0 spiro atoms. The highest BCUT2D eigenvalue weighted by Crippen LogP contribution is 2.34. The first-order valence-corrected chi connectivity index (χ1v) is 7.54. The van der Waals surface area contributed by atoms with Crippen molar-refractivity contribution >= 4 is 0 Å². The monoisotopic (exact) mass is 253 g/mol. The summed E-state index contributed by atoms with van der Waals surface area (Å²) in [5.41, 5.74) is -0.00169. The lowest BCUT2D eigenvalue weighted by Gasteiger charge is -2.39. The fourth-order valence-electron chi connectivity index (χ4n) is 3.77. The van der Waals surface area contributed by atoms with Crippen molar-refractivity contribution in [1.82, 2.24) is 15.1 Å². The Balaban J connectivity index is 1.51. The summed E-state index contributed by atoms with van der Waals surface area (Å²) in [6.07, 6.45) is 6.33. The molecule has 2 unspecified atom stereocenters. The number of hydrogen-bond donors (Lipinski definition) is 2. The molecule has 2 saturated carbocycles. The normalized spacial score (nSPS) is 39.3. The van der Waals surface area contributed by atoms with Gasteiger partial charge >= 0.3 is 0 Å². The van der Waals surface area contributed by atoms with Crippen molar-refractivity contribution in [2.75, 3.05) is 39.8 Å². The van der Waals surface area contributed by atoms with Gasteiger partial charge in [0.15, 0.2) is 0 Å². The van der Waals surface area contributed by atoms with Crippen LogP contribution in [0.1, 0.15) is 32.1 Å². The topological polar surface area (TPSA) is 38.7 Å². The Morgan fingerprint density at radius 2 is 1.67 bits per heavy atom. The Morgan fingerprint density at radius 3 is 2.11 bits per heavy atom. The van der Waals surface area contributed by atoms with Gasteiger partial charge in [-0.3, -0.25) is 9.80 Å². The molecule has 1 saturated heterocycles. The van der Waals surface area contributed by atoms with E-state index in [9.17, 15) is 5.11 Å². The van der Waals surface area contributed by atoms with E-state index >= 15 is 0 Å². The van der Waals surface area contributed by atoms with Crippen LogP contribution in [0.2, 0.25) is 0 Å². The summed E-state index contributed by atoms with van der Waals surface area (Å²) in [4.78, 5) is 5.33. The van der Waals surface area contributed by atoms with Gasteiger partial charge in [0.05, 0.1) is 6.61 Å². The lowest BCUT2D eigenvalue weighted by Crippen LogP contribution is -2.52. The van der Waals surface area contributed by atoms with E-state index in [1.165, 1.54) is 45.4 Å². The van der Waals surface area contributed by atoms with E-state index in [1.807, 2.05) is 7.05 Å². The molecule has 0 aromatic carbocycles. The van der Waals surface area contributed by atoms with Crippen LogP contribution in [0.5, 0.6) is 0 Å². The summed E-state index contributed by atoms with van der Waals surface area (Å²) in [5.74, 6) is 0. The maximum Gasteiger partial charge on any atom is 0.0613 e. The fraction of sp³-hybridized carbons (Fsp3) is 1.00. The van der Waals surface area contributed by atoms with E-state index in [0.29, 0.717) is 6.04 Å². The molecule has 1 heterocycles. The molecule has 0 aromatic heterocycles. The lowest BCUT2D eigenvalue weighted by molar-refractivity contribution is 0.0853. The second-order valence-corrected chi connectivity index (χ2v) is 6.39. The summed E-state index contributed by atoms with van der Waals surface area (Å²) >= 11 is 0. The average Bonchev–Trinajstić information content (AvgIpc) is 3.19. The first-order valence-electron chi connectivity index (χ1n) is 7.54. The largest absolute Gasteiger partial charge is 0.394 e. The van der Waals surface area contributed by atoms with Crippen molar-refractivity contribution in [2.24, 2.45) is 0 Å². The fourth-order valence-corrected chi connectivity index (χ4v) is 3.77. The van der Waals surface area contributed by atoms with Gasteiger partial charge in [-0.05, 0) is 39.2 Å². The SMILES string of the molecule is CNC1(CO)CCC(N2CCN(C3CC3)CC2)C1. The number of nitrogens with one attached hydrogen (secondary N) is 1. The molecule has 1 aliphatic heterocycles. The number of nitrogens with zero attached hydrogens (tertiary/aromatic N) is 2. The third-order valence-corrected chi connectivity index (χ3v) is 5.34. The molecule has 4 heteroatoms. The number of aliphatic hydroxyl groups excluding tert-OH is 1. The molecule has 0 bridgehead atoms. The standard InChI is InChI=1S/C14H27N3O/c1-15-14(11-18)5-4-13(10-14)17-8-6-16(7-9-17)12-2-3-12/h12-13,15,18H,2-11H2,1H3. The number of piperazine rings is 1. The van der Waals surface area contributed by atoms with Crippen LogP contribution >= 0.6 is 0 Å². The molecule has 2 atom stereocenters. The molecular formula is C14H27N3O. The van der Waals surface area contributed by atoms with Crippen LogP contribution in [-0.4, -0.2) is 72.4 Å². The zero-order valence-corrected chi connectivity index (χ0v) is 11.6. The highest BCUT2D eigenvalue weighted by atomic mass is 16.3. The van der Waals surface area contributed by atoms with Crippen LogP contribution in [0.3, 0.4) is 0 Å². The van der Waals surface area contributed by atoms with Crippen LogP contribution in [-0.2, 0) is 0 Å². The van der Waals surface area contributed by atoms with Crippen LogP contribution in [0.4, 0.5) is 0 Å².